The third-order valence-electron chi connectivity index (χ3n) is 2.97. The number of halogens is 2. The lowest BCUT2D eigenvalue weighted by Crippen LogP contribution is -2.18. The molecule has 1 unspecified atom stereocenters. The van der Waals surface area contributed by atoms with E-state index in [4.69, 9.17) is 16.0 Å². The highest BCUT2D eigenvalue weighted by Gasteiger charge is 2.21. The molecule has 96 valence electrons. The van der Waals surface area contributed by atoms with Crippen LogP contribution in [0.25, 0.3) is 0 Å². The van der Waals surface area contributed by atoms with E-state index in [0.29, 0.717) is 5.56 Å². The molecular weight excluding hydrogens is 253 g/mol. The quantitative estimate of drug-likeness (QED) is 0.909. The van der Waals surface area contributed by atoms with Gasteiger partial charge in [0, 0.05) is 5.56 Å². The molecule has 0 spiro atoms. The highest BCUT2D eigenvalue weighted by molar-refractivity contribution is 6.31. The molecule has 0 saturated carbocycles. The lowest BCUT2D eigenvalue weighted by molar-refractivity contribution is 0.496. The zero-order valence-corrected chi connectivity index (χ0v) is 11.3. The van der Waals surface area contributed by atoms with Gasteiger partial charge in [-0.1, -0.05) is 23.7 Å². The van der Waals surface area contributed by atoms with E-state index < -0.39 is 5.82 Å². The van der Waals surface area contributed by atoms with Crippen molar-refractivity contribution in [2.45, 2.75) is 19.9 Å². The van der Waals surface area contributed by atoms with Gasteiger partial charge in [-0.2, -0.15) is 0 Å². The number of hydrogen-bond donors (Lipinski definition) is 1. The van der Waals surface area contributed by atoms with Crippen LogP contribution in [0, 0.1) is 19.7 Å². The van der Waals surface area contributed by atoms with E-state index in [1.807, 2.05) is 33.0 Å². The fourth-order valence-electron chi connectivity index (χ4n) is 2.16. The van der Waals surface area contributed by atoms with Crippen LogP contribution in [0.4, 0.5) is 4.39 Å². The van der Waals surface area contributed by atoms with E-state index in [1.165, 1.54) is 6.07 Å². The molecular formula is C14H15ClFNO. The van der Waals surface area contributed by atoms with Gasteiger partial charge in [0.05, 0.1) is 11.1 Å². The summed E-state index contributed by atoms with van der Waals surface area (Å²) in [7, 11) is 1.81. The number of rotatable bonds is 3. The van der Waals surface area contributed by atoms with Crippen LogP contribution in [0.1, 0.15) is 28.7 Å². The largest absolute Gasteiger partial charge is 0.466 e. The van der Waals surface area contributed by atoms with Gasteiger partial charge >= 0.3 is 0 Å². The van der Waals surface area contributed by atoms with Crippen molar-refractivity contribution in [3.8, 4) is 0 Å². The topological polar surface area (TPSA) is 25.2 Å². The van der Waals surface area contributed by atoms with Gasteiger partial charge in [0.1, 0.15) is 17.3 Å². The second-order valence-electron chi connectivity index (χ2n) is 4.23. The average molecular weight is 268 g/mol. The van der Waals surface area contributed by atoms with Gasteiger partial charge in [-0.15, -0.1) is 0 Å². The molecule has 1 aromatic heterocycles. The van der Waals surface area contributed by atoms with Gasteiger partial charge in [-0.3, -0.25) is 0 Å². The third kappa shape index (κ3) is 2.28. The number of benzene rings is 1. The van der Waals surface area contributed by atoms with Crippen molar-refractivity contribution in [2.24, 2.45) is 0 Å². The minimum absolute atomic E-state index is 0.148. The maximum Gasteiger partial charge on any atom is 0.142 e. The predicted octanol–water partition coefficient (Wildman–Crippen LogP) is 4.00. The predicted molar refractivity (Wildman–Crippen MR) is 70.5 cm³/mol. The molecule has 1 N–H and O–H groups in total. The first kappa shape index (κ1) is 13.1. The Morgan fingerprint density at radius 1 is 1.28 bits per heavy atom. The fourth-order valence-corrected chi connectivity index (χ4v) is 2.39. The Bertz CT molecular complexity index is 565. The van der Waals surface area contributed by atoms with Crippen LogP contribution < -0.4 is 5.32 Å². The van der Waals surface area contributed by atoms with Gasteiger partial charge in [-0.05, 0) is 38.6 Å². The molecule has 18 heavy (non-hydrogen) atoms. The highest BCUT2D eigenvalue weighted by Crippen LogP contribution is 2.32. The highest BCUT2D eigenvalue weighted by atomic mass is 35.5. The molecule has 1 aromatic carbocycles. The summed E-state index contributed by atoms with van der Waals surface area (Å²) in [6.45, 7) is 3.77. The standard InChI is InChI=1S/C14H15ClFNO/c1-8-7-11(9(2)18-8)14(17-3)10-5-4-6-12(16)13(10)15/h4-7,14,17H,1-3H3. The summed E-state index contributed by atoms with van der Waals surface area (Å²) < 4.78 is 19.0. The second-order valence-corrected chi connectivity index (χ2v) is 4.61. The number of aryl methyl sites for hydroxylation is 2. The van der Waals surface area contributed by atoms with E-state index in [0.717, 1.165) is 17.1 Å². The second kappa shape index (κ2) is 5.12. The van der Waals surface area contributed by atoms with Gasteiger partial charge in [0.25, 0.3) is 0 Å². The van der Waals surface area contributed by atoms with Crippen molar-refractivity contribution < 1.29 is 8.81 Å². The van der Waals surface area contributed by atoms with Gasteiger partial charge in [0.15, 0.2) is 0 Å². The number of furan rings is 1. The summed E-state index contributed by atoms with van der Waals surface area (Å²) in [4.78, 5) is 0. The average Bonchev–Trinajstić information content (AvgIpc) is 2.65. The molecule has 0 fully saturated rings. The van der Waals surface area contributed by atoms with Crippen molar-refractivity contribution in [3.05, 3.63) is 57.8 Å². The molecule has 0 radical (unpaired) electrons. The molecule has 1 atom stereocenters. The van der Waals surface area contributed by atoms with E-state index in [-0.39, 0.29) is 11.1 Å². The summed E-state index contributed by atoms with van der Waals surface area (Å²) in [5.74, 6) is 1.23. The first-order chi connectivity index (χ1) is 8.54. The smallest absolute Gasteiger partial charge is 0.142 e. The molecule has 1 heterocycles. The number of nitrogens with one attached hydrogen (secondary N) is 1. The number of hydrogen-bond acceptors (Lipinski definition) is 2. The van der Waals surface area contributed by atoms with Gasteiger partial charge in [-0.25, -0.2) is 4.39 Å². The fraction of sp³-hybridized carbons (Fsp3) is 0.286. The van der Waals surface area contributed by atoms with Gasteiger partial charge < -0.3 is 9.73 Å². The van der Waals surface area contributed by atoms with Crippen LogP contribution in [0.5, 0.6) is 0 Å². The Balaban J connectivity index is 2.52. The zero-order chi connectivity index (χ0) is 13.3. The SMILES string of the molecule is CNC(c1cc(C)oc1C)c1cccc(F)c1Cl. The molecule has 0 aliphatic heterocycles. The van der Waals surface area contributed by atoms with Crippen LogP contribution in [0.3, 0.4) is 0 Å². The van der Waals surface area contributed by atoms with Crippen molar-refractivity contribution in [3.63, 3.8) is 0 Å². The van der Waals surface area contributed by atoms with Crippen LogP contribution in [0.15, 0.2) is 28.7 Å². The van der Waals surface area contributed by atoms with E-state index in [2.05, 4.69) is 5.32 Å². The van der Waals surface area contributed by atoms with Crippen molar-refractivity contribution >= 4 is 11.6 Å². The molecule has 4 heteroatoms. The third-order valence-corrected chi connectivity index (χ3v) is 3.37. The Morgan fingerprint density at radius 3 is 2.56 bits per heavy atom. The summed E-state index contributed by atoms with van der Waals surface area (Å²) in [6.07, 6.45) is 0. The molecule has 0 aliphatic rings. The Hall–Kier alpha value is -1.32. The van der Waals surface area contributed by atoms with E-state index in [1.54, 1.807) is 6.07 Å². The van der Waals surface area contributed by atoms with Crippen LogP contribution in [0.2, 0.25) is 5.02 Å². The maximum absolute atomic E-state index is 13.5. The minimum atomic E-state index is -0.410. The monoisotopic (exact) mass is 267 g/mol. The Kier molecular flexibility index (Phi) is 3.73. The molecule has 0 amide bonds. The molecule has 0 aliphatic carbocycles. The van der Waals surface area contributed by atoms with Crippen LogP contribution in [-0.4, -0.2) is 7.05 Å². The molecule has 2 rings (SSSR count). The van der Waals surface area contributed by atoms with E-state index >= 15 is 0 Å². The summed E-state index contributed by atoms with van der Waals surface area (Å²) >= 11 is 6.03. The van der Waals surface area contributed by atoms with Crippen LogP contribution in [-0.2, 0) is 0 Å². The maximum atomic E-state index is 13.5. The molecule has 0 bridgehead atoms. The lowest BCUT2D eigenvalue weighted by Gasteiger charge is -2.17. The Morgan fingerprint density at radius 2 is 2.00 bits per heavy atom. The zero-order valence-electron chi connectivity index (χ0n) is 10.6. The van der Waals surface area contributed by atoms with Crippen molar-refractivity contribution in [2.75, 3.05) is 7.05 Å². The normalized spacial score (nSPS) is 12.7. The van der Waals surface area contributed by atoms with Crippen LogP contribution >= 0.6 is 11.6 Å². The van der Waals surface area contributed by atoms with E-state index in [9.17, 15) is 4.39 Å². The summed E-state index contributed by atoms with van der Waals surface area (Å²) in [5.41, 5.74) is 1.69. The lowest BCUT2D eigenvalue weighted by atomic mass is 9.99. The molecule has 2 aromatic rings. The summed E-state index contributed by atoms with van der Waals surface area (Å²) in [5, 5.41) is 3.29. The van der Waals surface area contributed by atoms with Crippen molar-refractivity contribution in [1.82, 2.24) is 5.32 Å². The minimum Gasteiger partial charge on any atom is -0.466 e. The first-order valence-corrected chi connectivity index (χ1v) is 6.10. The Labute approximate surface area is 111 Å². The first-order valence-electron chi connectivity index (χ1n) is 5.72. The van der Waals surface area contributed by atoms with Crippen molar-refractivity contribution in [1.29, 1.82) is 0 Å². The summed E-state index contributed by atoms with van der Waals surface area (Å²) in [6, 6.07) is 6.59. The molecule has 0 saturated heterocycles. The van der Waals surface area contributed by atoms with Gasteiger partial charge in [0.2, 0.25) is 0 Å². The molecule has 2 nitrogen and oxygen atoms in total.